The largest absolute Gasteiger partial charge is 0.376 e. The molecule has 2 aromatic rings. The van der Waals surface area contributed by atoms with Gasteiger partial charge in [0.05, 0.1) is 6.10 Å². The Morgan fingerprint density at radius 3 is 2.67 bits per heavy atom. The van der Waals surface area contributed by atoms with Crippen molar-refractivity contribution in [2.75, 3.05) is 23.2 Å². The summed E-state index contributed by atoms with van der Waals surface area (Å²) in [7, 11) is -3.62. The van der Waals surface area contributed by atoms with E-state index in [-0.39, 0.29) is 16.1 Å². The van der Waals surface area contributed by atoms with Gasteiger partial charge in [-0.05, 0) is 43.5 Å². The molecule has 1 atom stereocenters. The number of aromatic nitrogens is 2. The lowest BCUT2D eigenvalue weighted by Gasteiger charge is -2.11. The van der Waals surface area contributed by atoms with E-state index in [2.05, 4.69) is 20.2 Å². The summed E-state index contributed by atoms with van der Waals surface area (Å²) in [6.45, 7) is 3.47. The minimum Gasteiger partial charge on any atom is -0.376 e. The van der Waals surface area contributed by atoms with Gasteiger partial charge in [-0.15, -0.1) is 21.5 Å². The molecule has 9 heteroatoms. The number of rotatable bonds is 7. The van der Waals surface area contributed by atoms with Gasteiger partial charge in [-0.2, -0.15) is 0 Å². The normalized spacial score (nSPS) is 17.8. The zero-order chi connectivity index (χ0) is 17.0. The Morgan fingerprint density at radius 2 is 2.04 bits per heavy atom. The van der Waals surface area contributed by atoms with Gasteiger partial charge < -0.3 is 10.1 Å². The second kappa shape index (κ2) is 7.45. The third-order valence-corrected chi connectivity index (χ3v) is 6.76. The molecular formula is C15H20N4O3S2. The van der Waals surface area contributed by atoms with Crippen molar-refractivity contribution >= 4 is 33.0 Å². The van der Waals surface area contributed by atoms with Crippen molar-refractivity contribution in [3.8, 4) is 0 Å². The summed E-state index contributed by atoms with van der Waals surface area (Å²) in [4.78, 5) is 1.02. The lowest BCUT2D eigenvalue weighted by atomic mass is 10.2. The number of aryl methyl sites for hydroxylation is 1. The van der Waals surface area contributed by atoms with Gasteiger partial charge in [0, 0.05) is 18.0 Å². The maximum absolute atomic E-state index is 12.3. The summed E-state index contributed by atoms with van der Waals surface area (Å²) in [5, 5.41) is 11.1. The molecule has 1 unspecified atom stereocenters. The van der Waals surface area contributed by atoms with E-state index in [9.17, 15) is 8.42 Å². The van der Waals surface area contributed by atoms with Crippen molar-refractivity contribution in [3.05, 3.63) is 29.1 Å². The molecule has 130 valence electrons. The van der Waals surface area contributed by atoms with Gasteiger partial charge >= 0.3 is 0 Å². The Hall–Kier alpha value is -1.71. The molecule has 1 fully saturated rings. The monoisotopic (exact) mass is 368 g/mol. The zero-order valence-electron chi connectivity index (χ0n) is 13.4. The van der Waals surface area contributed by atoms with E-state index < -0.39 is 10.0 Å². The number of ether oxygens (including phenoxy) is 1. The lowest BCUT2D eigenvalue weighted by molar-refractivity contribution is 0.120. The maximum Gasteiger partial charge on any atom is 0.272 e. The minimum absolute atomic E-state index is 0.198. The summed E-state index contributed by atoms with van der Waals surface area (Å²) in [5.74, 6) is 0.793. The molecule has 0 aromatic carbocycles. The first kappa shape index (κ1) is 17.1. The van der Waals surface area contributed by atoms with Crippen LogP contribution in [0.4, 0.5) is 11.6 Å². The smallest absolute Gasteiger partial charge is 0.272 e. The van der Waals surface area contributed by atoms with Crippen LogP contribution in [0.25, 0.3) is 0 Å². The summed E-state index contributed by atoms with van der Waals surface area (Å²) < 4.78 is 32.9. The average molecular weight is 368 g/mol. The molecular weight excluding hydrogens is 348 g/mol. The van der Waals surface area contributed by atoms with Crippen LogP contribution in [0.2, 0.25) is 0 Å². The SMILES string of the molecule is CCc1ccc(S(=O)(=O)Nc2ccc(NCC3CCCO3)nn2)s1. The number of nitrogens with one attached hydrogen (secondary N) is 2. The molecule has 2 aromatic heterocycles. The number of sulfonamides is 1. The number of hydrogen-bond acceptors (Lipinski definition) is 7. The fraction of sp³-hybridized carbons (Fsp3) is 0.467. The van der Waals surface area contributed by atoms with Crippen LogP contribution >= 0.6 is 11.3 Å². The highest BCUT2D eigenvalue weighted by atomic mass is 32.2. The number of thiophene rings is 1. The molecule has 7 nitrogen and oxygen atoms in total. The first-order valence-electron chi connectivity index (χ1n) is 7.87. The molecule has 1 aliphatic rings. The molecule has 0 radical (unpaired) electrons. The van der Waals surface area contributed by atoms with E-state index in [0.717, 1.165) is 30.7 Å². The van der Waals surface area contributed by atoms with Crippen LogP contribution in [0.1, 0.15) is 24.6 Å². The van der Waals surface area contributed by atoms with Crippen molar-refractivity contribution in [2.24, 2.45) is 0 Å². The minimum atomic E-state index is -3.62. The topological polar surface area (TPSA) is 93.2 Å². The van der Waals surface area contributed by atoms with Crippen LogP contribution in [-0.4, -0.2) is 37.9 Å². The molecule has 24 heavy (non-hydrogen) atoms. The molecule has 2 N–H and O–H groups in total. The van der Waals surface area contributed by atoms with Crippen LogP contribution in [-0.2, 0) is 21.2 Å². The fourth-order valence-corrected chi connectivity index (χ4v) is 4.68. The third kappa shape index (κ3) is 4.22. The van der Waals surface area contributed by atoms with Gasteiger partial charge in [0.25, 0.3) is 10.0 Å². The Morgan fingerprint density at radius 1 is 1.25 bits per heavy atom. The molecule has 3 rings (SSSR count). The van der Waals surface area contributed by atoms with Crippen LogP contribution in [0.3, 0.4) is 0 Å². The van der Waals surface area contributed by atoms with E-state index >= 15 is 0 Å². The summed E-state index contributed by atoms with van der Waals surface area (Å²) >= 11 is 1.26. The van der Waals surface area contributed by atoms with Crippen LogP contribution in [0.5, 0.6) is 0 Å². The first-order chi connectivity index (χ1) is 11.6. The van der Waals surface area contributed by atoms with Crippen molar-refractivity contribution in [2.45, 2.75) is 36.5 Å². The maximum atomic E-state index is 12.3. The van der Waals surface area contributed by atoms with Crippen molar-refractivity contribution < 1.29 is 13.2 Å². The van der Waals surface area contributed by atoms with E-state index in [1.165, 1.54) is 11.3 Å². The van der Waals surface area contributed by atoms with Gasteiger partial charge in [0.2, 0.25) is 0 Å². The molecule has 0 amide bonds. The van der Waals surface area contributed by atoms with E-state index in [1.807, 2.05) is 13.0 Å². The third-order valence-electron chi connectivity index (χ3n) is 3.69. The highest BCUT2D eigenvalue weighted by Crippen LogP contribution is 2.24. The number of nitrogens with zero attached hydrogens (tertiary/aromatic N) is 2. The molecule has 0 spiro atoms. The molecule has 0 saturated carbocycles. The Kier molecular flexibility index (Phi) is 5.32. The predicted molar refractivity (Wildman–Crippen MR) is 94.0 cm³/mol. The van der Waals surface area contributed by atoms with Gasteiger partial charge in [0.15, 0.2) is 5.82 Å². The molecule has 3 heterocycles. The summed E-state index contributed by atoms with van der Waals surface area (Å²) in [6.07, 6.45) is 3.14. The highest BCUT2D eigenvalue weighted by molar-refractivity contribution is 7.94. The Labute approximate surface area is 145 Å². The van der Waals surface area contributed by atoms with E-state index in [1.54, 1.807) is 18.2 Å². The molecule has 0 aliphatic carbocycles. The Balaban J connectivity index is 1.60. The number of hydrogen-bond donors (Lipinski definition) is 2. The molecule has 1 saturated heterocycles. The van der Waals surface area contributed by atoms with Crippen LogP contribution in [0.15, 0.2) is 28.5 Å². The van der Waals surface area contributed by atoms with Crippen molar-refractivity contribution in [3.63, 3.8) is 0 Å². The van der Waals surface area contributed by atoms with Gasteiger partial charge in [0.1, 0.15) is 10.0 Å². The van der Waals surface area contributed by atoms with Gasteiger partial charge in [-0.3, -0.25) is 4.72 Å². The second-order valence-electron chi connectivity index (χ2n) is 5.50. The fourth-order valence-electron chi connectivity index (χ4n) is 2.39. The highest BCUT2D eigenvalue weighted by Gasteiger charge is 2.18. The first-order valence-corrected chi connectivity index (χ1v) is 10.2. The van der Waals surface area contributed by atoms with E-state index in [4.69, 9.17) is 4.74 Å². The summed E-state index contributed by atoms with van der Waals surface area (Å²) in [5.41, 5.74) is 0. The van der Waals surface area contributed by atoms with Crippen LogP contribution in [0, 0.1) is 0 Å². The Bertz CT molecular complexity index is 768. The number of anilines is 2. The van der Waals surface area contributed by atoms with Crippen molar-refractivity contribution in [1.29, 1.82) is 0 Å². The standard InChI is InChI=1S/C15H20N4O3S2/c1-2-12-5-8-15(23-12)24(20,21)19-14-7-6-13(17-18-14)16-10-11-4-3-9-22-11/h5-8,11H,2-4,9-10H2,1H3,(H,16,17)(H,18,19). The van der Waals surface area contributed by atoms with Crippen molar-refractivity contribution in [1.82, 2.24) is 10.2 Å². The van der Waals surface area contributed by atoms with E-state index in [0.29, 0.717) is 12.4 Å². The molecule has 1 aliphatic heterocycles. The lowest BCUT2D eigenvalue weighted by Crippen LogP contribution is -2.19. The van der Waals surface area contributed by atoms with Gasteiger partial charge in [-0.1, -0.05) is 6.92 Å². The molecule has 0 bridgehead atoms. The average Bonchev–Trinajstić information content (AvgIpc) is 3.25. The quantitative estimate of drug-likeness (QED) is 0.780. The zero-order valence-corrected chi connectivity index (χ0v) is 15.0. The van der Waals surface area contributed by atoms with Gasteiger partial charge in [-0.25, -0.2) is 8.42 Å². The van der Waals surface area contributed by atoms with Crippen LogP contribution < -0.4 is 10.0 Å². The predicted octanol–water partition coefficient (Wildman–Crippen LogP) is 2.49. The second-order valence-corrected chi connectivity index (χ2v) is 8.58. The summed E-state index contributed by atoms with van der Waals surface area (Å²) in [6, 6.07) is 6.72.